The van der Waals surface area contributed by atoms with Crippen molar-refractivity contribution < 1.29 is 13.2 Å². The molecule has 7 heteroatoms. The Kier molecular flexibility index (Phi) is 6.47. The number of amides is 1. The van der Waals surface area contributed by atoms with E-state index in [-0.39, 0.29) is 10.8 Å². The summed E-state index contributed by atoms with van der Waals surface area (Å²) in [4.78, 5) is 12.4. The summed E-state index contributed by atoms with van der Waals surface area (Å²) in [5.41, 5.74) is 0.933. The summed E-state index contributed by atoms with van der Waals surface area (Å²) in [6.45, 7) is 2.75. The molecule has 2 aromatic carbocycles. The second kappa shape index (κ2) is 9.01. The van der Waals surface area contributed by atoms with E-state index < -0.39 is 10.0 Å². The smallest absolute Gasteiger partial charge is 0.261 e. The molecular weight excluding hydrogens is 362 g/mol. The summed E-state index contributed by atoms with van der Waals surface area (Å²) in [6, 6.07) is 14.6. The largest absolute Gasteiger partial charge is 0.352 e. The van der Waals surface area contributed by atoms with Gasteiger partial charge in [-0.15, -0.1) is 0 Å². The van der Waals surface area contributed by atoms with Crippen LogP contribution in [0.4, 0.5) is 5.69 Å². The van der Waals surface area contributed by atoms with E-state index in [0.29, 0.717) is 23.7 Å². The summed E-state index contributed by atoms with van der Waals surface area (Å²) in [6.07, 6.45) is 3.37. The van der Waals surface area contributed by atoms with E-state index in [4.69, 9.17) is 0 Å². The van der Waals surface area contributed by atoms with Crippen molar-refractivity contribution in [3.05, 3.63) is 60.2 Å². The number of nitrogens with one attached hydrogen (secondary N) is 3. The fourth-order valence-electron chi connectivity index (χ4n) is 3.17. The maximum absolute atomic E-state index is 12.3. The number of carbonyl (C=O) groups is 1. The Bertz CT molecular complexity index is 846. The third-order valence-electron chi connectivity index (χ3n) is 4.69. The van der Waals surface area contributed by atoms with Crippen LogP contribution in [0, 0.1) is 5.92 Å². The van der Waals surface area contributed by atoms with Crippen LogP contribution >= 0.6 is 0 Å². The van der Waals surface area contributed by atoms with Gasteiger partial charge in [0.1, 0.15) is 0 Å². The molecule has 0 bridgehead atoms. The van der Waals surface area contributed by atoms with Gasteiger partial charge in [-0.05, 0) is 74.7 Å². The summed E-state index contributed by atoms with van der Waals surface area (Å²) >= 11 is 0. The van der Waals surface area contributed by atoms with Crippen LogP contribution in [0.3, 0.4) is 0 Å². The van der Waals surface area contributed by atoms with E-state index in [9.17, 15) is 13.2 Å². The lowest BCUT2D eigenvalue weighted by Gasteiger charge is -2.22. The average molecular weight is 388 g/mol. The van der Waals surface area contributed by atoms with E-state index in [1.807, 2.05) is 0 Å². The van der Waals surface area contributed by atoms with Gasteiger partial charge >= 0.3 is 0 Å². The number of benzene rings is 2. The first-order valence-corrected chi connectivity index (χ1v) is 10.7. The molecule has 1 amide bonds. The molecule has 0 aromatic heterocycles. The van der Waals surface area contributed by atoms with Gasteiger partial charge in [0.2, 0.25) is 0 Å². The molecule has 0 aliphatic carbocycles. The summed E-state index contributed by atoms with van der Waals surface area (Å²) in [7, 11) is -3.63. The molecule has 1 unspecified atom stereocenters. The van der Waals surface area contributed by atoms with E-state index in [1.54, 1.807) is 42.5 Å². The first-order valence-electron chi connectivity index (χ1n) is 9.21. The topological polar surface area (TPSA) is 87.3 Å². The highest BCUT2D eigenvalue weighted by Crippen LogP contribution is 2.17. The Morgan fingerprint density at radius 2 is 1.81 bits per heavy atom. The monoisotopic (exact) mass is 387 g/mol. The summed E-state index contributed by atoms with van der Waals surface area (Å²) in [5.74, 6) is 0.477. The molecule has 1 atom stereocenters. The quantitative estimate of drug-likeness (QED) is 0.682. The van der Waals surface area contributed by atoms with Gasteiger partial charge in [0.05, 0.1) is 4.90 Å². The standard InChI is InChI=1S/C20H25N3O3S/c24-20(22-14-12-16-5-4-13-21-15-16)17-8-10-18(11-9-17)23-27(25,26)19-6-2-1-3-7-19/h1-3,6-11,16,21,23H,4-5,12-15H2,(H,22,24). The molecule has 3 N–H and O–H groups in total. The molecule has 1 aliphatic heterocycles. The Balaban J connectivity index is 1.52. The average Bonchev–Trinajstić information content (AvgIpc) is 2.70. The van der Waals surface area contributed by atoms with E-state index in [1.165, 1.54) is 25.0 Å². The van der Waals surface area contributed by atoms with Gasteiger partial charge in [-0.1, -0.05) is 18.2 Å². The number of sulfonamides is 1. The van der Waals surface area contributed by atoms with E-state index in [0.717, 1.165) is 19.5 Å². The van der Waals surface area contributed by atoms with Gasteiger partial charge in [-0.25, -0.2) is 8.42 Å². The molecule has 6 nitrogen and oxygen atoms in total. The molecular formula is C20H25N3O3S. The lowest BCUT2D eigenvalue weighted by Crippen LogP contribution is -2.33. The number of carbonyl (C=O) groups excluding carboxylic acids is 1. The molecule has 0 saturated carbocycles. The zero-order valence-electron chi connectivity index (χ0n) is 15.1. The lowest BCUT2D eigenvalue weighted by molar-refractivity contribution is 0.0950. The van der Waals surface area contributed by atoms with E-state index >= 15 is 0 Å². The van der Waals surface area contributed by atoms with Crippen molar-refractivity contribution in [2.75, 3.05) is 24.4 Å². The third-order valence-corrected chi connectivity index (χ3v) is 6.09. The fraction of sp³-hybridized carbons (Fsp3) is 0.350. The molecule has 0 radical (unpaired) electrons. The second-order valence-corrected chi connectivity index (χ2v) is 8.44. The van der Waals surface area contributed by atoms with Gasteiger partial charge in [-0.2, -0.15) is 0 Å². The highest BCUT2D eigenvalue weighted by molar-refractivity contribution is 7.92. The van der Waals surface area contributed by atoms with Crippen LogP contribution in [0.2, 0.25) is 0 Å². The zero-order chi connectivity index (χ0) is 19.1. The minimum Gasteiger partial charge on any atom is -0.352 e. The minimum atomic E-state index is -3.63. The van der Waals surface area contributed by atoms with Gasteiger partial charge < -0.3 is 10.6 Å². The van der Waals surface area contributed by atoms with Crippen LogP contribution in [-0.2, 0) is 10.0 Å². The molecule has 1 heterocycles. The Hall–Kier alpha value is -2.38. The van der Waals surface area contributed by atoms with Crippen LogP contribution in [0.1, 0.15) is 29.6 Å². The Labute approximate surface area is 160 Å². The molecule has 1 saturated heterocycles. The lowest BCUT2D eigenvalue weighted by atomic mass is 9.96. The van der Waals surface area contributed by atoms with Crippen molar-refractivity contribution in [3.8, 4) is 0 Å². The molecule has 0 spiro atoms. The molecule has 1 aliphatic rings. The number of hydrogen-bond acceptors (Lipinski definition) is 4. The number of rotatable bonds is 7. The van der Waals surface area contributed by atoms with Crippen molar-refractivity contribution in [2.45, 2.75) is 24.2 Å². The molecule has 3 rings (SSSR count). The molecule has 1 fully saturated rings. The van der Waals surface area contributed by atoms with Gasteiger partial charge in [-0.3, -0.25) is 9.52 Å². The van der Waals surface area contributed by atoms with Crippen LogP contribution in [0.15, 0.2) is 59.5 Å². The van der Waals surface area contributed by atoms with Crippen LogP contribution in [0.25, 0.3) is 0 Å². The predicted molar refractivity (Wildman–Crippen MR) is 106 cm³/mol. The molecule has 144 valence electrons. The number of piperidine rings is 1. The van der Waals surface area contributed by atoms with Crippen LogP contribution < -0.4 is 15.4 Å². The first kappa shape index (κ1) is 19.4. The predicted octanol–water partition coefficient (Wildman–Crippen LogP) is 2.61. The molecule has 27 heavy (non-hydrogen) atoms. The summed E-state index contributed by atoms with van der Waals surface area (Å²) < 4.78 is 27.2. The maximum atomic E-state index is 12.3. The highest BCUT2D eigenvalue weighted by Gasteiger charge is 2.15. The Morgan fingerprint density at radius 3 is 2.48 bits per heavy atom. The third kappa shape index (κ3) is 5.55. The SMILES string of the molecule is O=C(NCCC1CCCNC1)c1ccc(NS(=O)(=O)c2ccccc2)cc1. The Morgan fingerprint density at radius 1 is 1.07 bits per heavy atom. The van der Waals surface area contributed by atoms with Gasteiger partial charge in [0.15, 0.2) is 0 Å². The fourth-order valence-corrected chi connectivity index (χ4v) is 4.25. The van der Waals surface area contributed by atoms with Crippen molar-refractivity contribution in [1.82, 2.24) is 10.6 Å². The molecule has 2 aromatic rings. The van der Waals surface area contributed by atoms with Crippen LogP contribution in [-0.4, -0.2) is 34.0 Å². The highest BCUT2D eigenvalue weighted by atomic mass is 32.2. The van der Waals surface area contributed by atoms with Gasteiger partial charge in [0.25, 0.3) is 15.9 Å². The van der Waals surface area contributed by atoms with Gasteiger partial charge in [0, 0.05) is 17.8 Å². The minimum absolute atomic E-state index is 0.142. The van der Waals surface area contributed by atoms with Crippen molar-refractivity contribution in [3.63, 3.8) is 0 Å². The van der Waals surface area contributed by atoms with E-state index in [2.05, 4.69) is 15.4 Å². The van der Waals surface area contributed by atoms with Crippen molar-refractivity contribution in [2.24, 2.45) is 5.92 Å². The zero-order valence-corrected chi connectivity index (χ0v) is 16.0. The number of anilines is 1. The van der Waals surface area contributed by atoms with Crippen molar-refractivity contribution in [1.29, 1.82) is 0 Å². The van der Waals surface area contributed by atoms with Crippen LogP contribution in [0.5, 0.6) is 0 Å². The second-order valence-electron chi connectivity index (χ2n) is 6.75. The maximum Gasteiger partial charge on any atom is 0.261 e. The first-order chi connectivity index (χ1) is 13.0. The summed E-state index contributed by atoms with van der Waals surface area (Å²) in [5, 5.41) is 6.31. The van der Waals surface area contributed by atoms with Crippen molar-refractivity contribution >= 4 is 21.6 Å². The number of hydrogen-bond donors (Lipinski definition) is 3. The normalized spacial score (nSPS) is 17.3.